The number of hydrogen-bond donors (Lipinski definition) is 1. The van der Waals surface area contributed by atoms with Crippen LogP contribution in [0.5, 0.6) is 0 Å². The quantitative estimate of drug-likeness (QED) is 0.894. The van der Waals surface area contributed by atoms with Crippen LogP contribution in [0.3, 0.4) is 0 Å². The largest absolute Gasteiger partial charge is 0.481 e. The molecule has 0 aliphatic rings. The fraction of sp³-hybridized carbons (Fsp3) is 0.133. The SMILES string of the molecule is O=C(O)C[C@H](c1ccccc1)c1ccc(F)cc1. The van der Waals surface area contributed by atoms with Crippen LogP contribution in [-0.2, 0) is 4.79 Å². The lowest BCUT2D eigenvalue weighted by Gasteiger charge is -2.15. The summed E-state index contributed by atoms with van der Waals surface area (Å²) in [5.74, 6) is -1.43. The van der Waals surface area contributed by atoms with E-state index in [2.05, 4.69) is 0 Å². The van der Waals surface area contributed by atoms with Crippen LogP contribution in [-0.4, -0.2) is 11.1 Å². The Labute approximate surface area is 105 Å². The Morgan fingerprint density at radius 3 is 2.11 bits per heavy atom. The topological polar surface area (TPSA) is 37.3 Å². The molecule has 0 bridgehead atoms. The van der Waals surface area contributed by atoms with Crippen LogP contribution < -0.4 is 0 Å². The first kappa shape index (κ1) is 12.3. The maximum absolute atomic E-state index is 12.9. The van der Waals surface area contributed by atoms with Gasteiger partial charge in [-0.25, -0.2) is 4.39 Å². The average Bonchev–Trinajstić information content (AvgIpc) is 2.38. The highest BCUT2D eigenvalue weighted by atomic mass is 19.1. The number of hydrogen-bond acceptors (Lipinski definition) is 1. The van der Waals surface area contributed by atoms with Gasteiger partial charge in [-0.3, -0.25) is 4.79 Å². The molecule has 0 saturated heterocycles. The molecule has 2 rings (SSSR count). The molecule has 0 unspecified atom stereocenters. The lowest BCUT2D eigenvalue weighted by molar-refractivity contribution is -0.137. The number of carbonyl (C=O) groups is 1. The highest BCUT2D eigenvalue weighted by Crippen LogP contribution is 2.27. The minimum Gasteiger partial charge on any atom is -0.481 e. The number of halogens is 1. The van der Waals surface area contributed by atoms with Crippen molar-refractivity contribution >= 4 is 5.97 Å². The first-order chi connectivity index (χ1) is 8.66. The fourth-order valence-corrected chi connectivity index (χ4v) is 1.98. The van der Waals surface area contributed by atoms with Gasteiger partial charge in [0.15, 0.2) is 0 Å². The minimum atomic E-state index is -0.867. The molecule has 0 spiro atoms. The van der Waals surface area contributed by atoms with Crippen LogP contribution >= 0.6 is 0 Å². The average molecular weight is 244 g/mol. The normalized spacial score (nSPS) is 12.1. The molecule has 0 saturated carbocycles. The third-order valence-corrected chi connectivity index (χ3v) is 2.85. The molecule has 0 aliphatic heterocycles. The van der Waals surface area contributed by atoms with E-state index in [1.807, 2.05) is 30.3 Å². The Kier molecular flexibility index (Phi) is 3.72. The second kappa shape index (κ2) is 5.45. The van der Waals surface area contributed by atoms with Gasteiger partial charge >= 0.3 is 5.97 Å². The van der Waals surface area contributed by atoms with Crippen LogP contribution in [0.2, 0.25) is 0 Å². The Bertz CT molecular complexity index is 520. The van der Waals surface area contributed by atoms with E-state index in [0.29, 0.717) is 0 Å². The van der Waals surface area contributed by atoms with Gasteiger partial charge in [-0.15, -0.1) is 0 Å². The molecule has 0 heterocycles. The van der Waals surface area contributed by atoms with Crippen molar-refractivity contribution < 1.29 is 14.3 Å². The number of aliphatic carboxylic acids is 1. The maximum Gasteiger partial charge on any atom is 0.304 e. The van der Waals surface area contributed by atoms with Crippen molar-refractivity contribution in [2.45, 2.75) is 12.3 Å². The van der Waals surface area contributed by atoms with Crippen molar-refractivity contribution in [2.24, 2.45) is 0 Å². The molecule has 1 N–H and O–H groups in total. The smallest absolute Gasteiger partial charge is 0.304 e. The van der Waals surface area contributed by atoms with Gasteiger partial charge in [0.1, 0.15) is 5.82 Å². The first-order valence-corrected chi connectivity index (χ1v) is 5.69. The number of carboxylic acid groups (broad SMARTS) is 1. The molecule has 2 aromatic carbocycles. The fourth-order valence-electron chi connectivity index (χ4n) is 1.98. The Morgan fingerprint density at radius 2 is 1.56 bits per heavy atom. The first-order valence-electron chi connectivity index (χ1n) is 5.69. The van der Waals surface area contributed by atoms with Crippen molar-refractivity contribution in [2.75, 3.05) is 0 Å². The van der Waals surface area contributed by atoms with E-state index < -0.39 is 5.97 Å². The van der Waals surface area contributed by atoms with E-state index in [0.717, 1.165) is 11.1 Å². The summed E-state index contributed by atoms with van der Waals surface area (Å²) >= 11 is 0. The van der Waals surface area contributed by atoms with Gasteiger partial charge in [-0.1, -0.05) is 42.5 Å². The molecule has 92 valence electrons. The molecule has 0 aliphatic carbocycles. The third-order valence-electron chi connectivity index (χ3n) is 2.85. The predicted octanol–water partition coefficient (Wildman–Crippen LogP) is 3.43. The van der Waals surface area contributed by atoms with Gasteiger partial charge in [0.25, 0.3) is 0 Å². The van der Waals surface area contributed by atoms with Gasteiger partial charge < -0.3 is 5.11 Å². The molecule has 18 heavy (non-hydrogen) atoms. The van der Waals surface area contributed by atoms with Crippen LogP contribution in [0.1, 0.15) is 23.5 Å². The van der Waals surface area contributed by atoms with E-state index in [-0.39, 0.29) is 18.2 Å². The van der Waals surface area contributed by atoms with Gasteiger partial charge in [-0.2, -0.15) is 0 Å². The van der Waals surface area contributed by atoms with Crippen molar-refractivity contribution in [1.29, 1.82) is 0 Å². The highest BCUT2D eigenvalue weighted by Gasteiger charge is 2.17. The molecule has 2 nitrogen and oxygen atoms in total. The third kappa shape index (κ3) is 2.94. The van der Waals surface area contributed by atoms with E-state index in [9.17, 15) is 9.18 Å². The summed E-state index contributed by atoms with van der Waals surface area (Å²) in [6, 6.07) is 15.4. The molecular weight excluding hydrogens is 231 g/mol. The lowest BCUT2D eigenvalue weighted by Crippen LogP contribution is -2.07. The van der Waals surface area contributed by atoms with Crippen molar-refractivity contribution in [3.05, 3.63) is 71.5 Å². The van der Waals surface area contributed by atoms with Crippen LogP contribution in [0.25, 0.3) is 0 Å². The van der Waals surface area contributed by atoms with Gasteiger partial charge in [0.05, 0.1) is 6.42 Å². The van der Waals surface area contributed by atoms with E-state index in [1.165, 1.54) is 12.1 Å². The Hall–Kier alpha value is -2.16. The Balaban J connectivity index is 2.36. The lowest BCUT2D eigenvalue weighted by atomic mass is 9.88. The second-order valence-electron chi connectivity index (χ2n) is 4.11. The summed E-state index contributed by atoms with van der Waals surface area (Å²) in [6.45, 7) is 0. The number of rotatable bonds is 4. The summed E-state index contributed by atoms with van der Waals surface area (Å²) in [5, 5.41) is 8.99. The second-order valence-corrected chi connectivity index (χ2v) is 4.11. The molecule has 3 heteroatoms. The summed E-state index contributed by atoms with van der Waals surface area (Å²) in [7, 11) is 0. The molecule has 0 aromatic heterocycles. The molecule has 0 radical (unpaired) electrons. The maximum atomic E-state index is 12.9. The summed E-state index contributed by atoms with van der Waals surface area (Å²) in [5.41, 5.74) is 1.73. The van der Waals surface area contributed by atoms with Crippen molar-refractivity contribution in [1.82, 2.24) is 0 Å². The highest BCUT2D eigenvalue weighted by molar-refractivity contribution is 5.69. The summed E-state index contributed by atoms with van der Waals surface area (Å²) in [4.78, 5) is 10.9. The number of benzene rings is 2. The van der Waals surface area contributed by atoms with Crippen LogP contribution in [0.4, 0.5) is 4.39 Å². The monoisotopic (exact) mass is 244 g/mol. The van der Waals surface area contributed by atoms with E-state index in [1.54, 1.807) is 12.1 Å². The summed E-state index contributed by atoms with van der Waals surface area (Å²) in [6.07, 6.45) is -0.00432. The zero-order valence-electron chi connectivity index (χ0n) is 9.71. The van der Waals surface area contributed by atoms with Gasteiger partial charge in [-0.05, 0) is 23.3 Å². The standard InChI is InChI=1S/C15H13FO2/c16-13-8-6-12(7-9-13)14(10-15(17)18)11-4-2-1-3-5-11/h1-9,14H,10H2,(H,17,18)/t14-/m1/s1. The van der Waals surface area contributed by atoms with Gasteiger partial charge in [0, 0.05) is 5.92 Å². The zero-order valence-corrected chi connectivity index (χ0v) is 9.71. The molecule has 0 amide bonds. The molecular formula is C15H13FO2. The van der Waals surface area contributed by atoms with Crippen molar-refractivity contribution in [3.63, 3.8) is 0 Å². The van der Waals surface area contributed by atoms with Gasteiger partial charge in [0.2, 0.25) is 0 Å². The van der Waals surface area contributed by atoms with Crippen LogP contribution in [0, 0.1) is 5.82 Å². The van der Waals surface area contributed by atoms with Crippen molar-refractivity contribution in [3.8, 4) is 0 Å². The Morgan fingerprint density at radius 1 is 1.00 bits per heavy atom. The van der Waals surface area contributed by atoms with E-state index >= 15 is 0 Å². The van der Waals surface area contributed by atoms with Crippen LogP contribution in [0.15, 0.2) is 54.6 Å². The predicted molar refractivity (Wildman–Crippen MR) is 66.9 cm³/mol. The molecule has 1 atom stereocenters. The number of carboxylic acids is 1. The van der Waals surface area contributed by atoms with E-state index in [4.69, 9.17) is 5.11 Å². The summed E-state index contributed by atoms with van der Waals surface area (Å²) < 4.78 is 12.9. The zero-order chi connectivity index (χ0) is 13.0. The molecule has 2 aromatic rings. The minimum absolute atomic E-state index is 0.00432. The molecule has 0 fully saturated rings.